The maximum atomic E-state index is 15.8. The number of aromatic nitrogens is 1. The fourth-order valence-corrected chi connectivity index (χ4v) is 5.99. The second-order valence-corrected chi connectivity index (χ2v) is 12.9. The van der Waals surface area contributed by atoms with Gasteiger partial charge in [-0.2, -0.15) is 8.78 Å². The van der Waals surface area contributed by atoms with E-state index in [1.54, 1.807) is 25.1 Å². The van der Waals surface area contributed by atoms with Crippen molar-refractivity contribution in [3.63, 3.8) is 0 Å². The van der Waals surface area contributed by atoms with Gasteiger partial charge in [0, 0.05) is 17.7 Å². The van der Waals surface area contributed by atoms with Crippen LogP contribution in [0.2, 0.25) is 0 Å². The molecular formula is C31H39F2N3O6. The van der Waals surface area contributed by atoms with Crippen LogP contribution in [-0.2, 0) is 20.2 Å². The number of alkyl carbamates (subject to hydrolysis) is 1. The smallest absolute Gasteiger partial charge is 0.408 e. The zero-order chi connectivity index (χ0) is 30.4. The highest BCUT2D eigenvalue weighted by molar-refractivity contribution is 5.89. The van der Waals surface area contributed by atoms with Crippen molar-refractivity contribution in [3.05, 3.63) is 30.0 Å². The van der Waals surface area contributed by atoms with E-state index in [0.717, 1.165) is 0 Å². The van der Waals surface area contributed by atoms with Crippen LogP contribution in [0.1, 0.15) is 65.5 Å². The van der Waals surface area contributed by atoms with Crippen LogP contribution in [-0.4, -0.2) is 66.1 Å². The Bertz CT molecular complexity index is 1360. The molecule has 2 fully saturated rings. The van der Waals surface area contributed by atoms with Gasteiger partial charge in [-0.1, -0.05) is 34.1 Å². The number of nitrogens with one attached hydrogen (secondary N) is 1. The van der Waals surface area contributed by atoms with Gasteiger partial charge in [0.05, 0.1) is 25.2 Å². The number of carbonyl (C=O) groups excluding carboxylic acids is 3. The molecule has 0 spiro atoms. The van der Waals surface area contributed by atoms with E-state index in [1.807, 2.05) is 20.8 Å². The number of aldehydes is 1. The number of benzene rings is 1. The molecule has 1 saturated heterocycles. The SMILES string of the molecule is COc1ccc2nc3c(cc2c1)O[C@H]1CN(C(=O)[C@H](C(C)(C)C)NC(=O)O[C@@H]2C[C@H]2CCCCC3(F)F)[C@H](C=O)[C@@H]1C. The lowest BCUT2D eigenvalue weighted by atomic mass is 9.85. The molecule has 2 aromatic rings. The second kappa shape index (κ2) is 11.3. The van der Waals surface area contributed by atoms with E-state index in [2.05, 4.69) is 10.3 Å². The van der Waals surface area contributed by atoms with Crippen LogP contribution in [0.15, 0.2) is 24.3 Å². The Labute approximate surface area is 244 Å². The minimum atomic E-state index is -3.28. The molecule has 9 nitrogen and oxygen atoms in total. The maximum Gasteiger partial charge on any atom is 0.408 e. The highest BCUT2D eigenvalue weighted by Gasteiger charge is 2.49. The van der Waals surface area contributed by atoms with Gasteiger partial charge in [0.2, 0.25) is 5.91 Å². The summed E-state index contributed by atoms with van der Waals surface area (Å²) in [5.41, 5.74) is -0.788. The molecule has 0 unspecified atom stereocenters. The van der Waals surface area contributed by atoms with Crippen molar-refractivity contribution in [2.45, 2.75) is 90.0 Å². The third-order valence-corrected chi connectivity index (χ3v) is 8.70. The van der Waals surface area contributed by atoms with E-state index in [-0.39, 0.29) is 30.7 Å². The molecular weight excluding hydrogens is 548 g/mol. The molecule has 6 atom stereocenters. The lowest BCUT2D eigenvalue weighted by molar-refractivity contribution is -0.139. The normalized spacial score (nSPS) is 30.1. The zero-order valence-electron chi connectivity index (χ0n) is 24.7. The van der Waals surface area contributed by atoms with E-state index < -0.39 is 59.6 Å². The molecule has 228 valence electrons. The summed E-state index contributed by atoms with van der Waals surface area (Å²) in [6, 6.07) is 4.66. The van der Waals surface area contributed by atoms with Gasteiger partial charge < -0.3 is 29.2 Å². The Balaban J connectivity index is 1.55. The summed E-state index contributed by atoms with van der Waals surface area (Å²) < 4.78 is 48.8. The average Bonchev–Trinajstić information content (AvgIpc) is 3.59. The first-order valence-corrected chi connectivity index (χ1v) is 14.6. The first-order valence-electron chi connectivity index (χ1n) is 14.6. The topological polar surface area (TPSA) is 107 Å². The van der Waals surface area contributed by atoms with Gasteiger partial charge in [0.15, 0.2) is 5.69 Å². The summed E-state index contributed by atoms with van der Waals surface area (Å²) in [5.74, 6) is -3.72. The van der Waals surface area contributed by atoms with Gasteiger partial charge in [-0.05, 0) is 54.9 Å². The third-order valence-electron chi connectivity index (χ3n) is 8.70. The largest absolute Gasteiger partial charge is 0.497 e. The Kier molecular flexibility index (Phi) is 8.06. The van der Waals surface area contributed by atoms with Crippen LogP contribution in [0.5, 0.6) is 11.5 Å². The van der Waals surface area contributed by atoms with Crippen LogP contribution in [0.25, 0.3) is 10.9 Å². The van der Waals surface area contributed by atoms with E-state index in [9.17, 15) is 14.4 Å². The molecule has 1 aromatic carbocycles. The Hall–Kier alpha value is -3.50. The zero-order valence-corrected chi connectivity index (χ0v) is 24.7. The van der Waals surface area contributed by atoms with E-state index >= 15 is 8.78 Å². The molecule has 0 radical (unpaired) electrons. The number of hydrogen-bond acceptors (Lipinski definition) is 7. The van der Waals surface area contributed by atoms with Crippen LogP contribution >= 0.6 is 0 Å². The van der Waals surface area contributed by atoms with Crippen LogP contribution in [0.3, 0.4) is 0 Å². The van der Waals surface area contributed by atoms with Crippen molar-refractivity contribution in [1.82, 2.24) is 15.2 Å². The van der Waals surface area contributed by atoms with Crippen molar-refractivity contribution in [2.24, 2.45) is 17.3 Å². The summed E-state index contributed by atoms with van der Waals surface area (Å²) in [5, 5.41) is 3.30. The molecule has 2 bridgehead atoms. The van der Waals surface area contributed by atoms with Crippen molar-refractivity contribution in [2.75, 3.05) is 13.7 Å². The van der Waals surface area contributed by atoms with E-state index in [4.69, 9.17) is 14.2 Å². The van der Waals surface area contributed by atoms with Crippen LogP contribution in [0, 0.1) is 17.3 Å². The minimum absolute atomic E-state index is 0.0292. The van der Waals surface area contributed by atoms with E-state index in [1.165, 1.54) is 18.1 Å². The molecule has 11 heteroatoms. The first kappa shape index (κ1) is 30.0. The summed E-state index contributed by atoms with van der Waals surface area (Å²) in [4.78, 5) is 44.7. The highest BCUT2D eigenvalue weighted by atomic mass is 19.3. The van der Waals surface area contributed by atoms with Gasteiger partial charge in [-0.25, -0.2) is 9.78 Å². The van der Waals surface area contributed by atoms with Gasteiger partial charge in [-0.3, -0.25) is 4.79 Å². The average molecular weight is 588 g/mol. The standard InChI is InChI=1S/C31H39F2N3O6/c1-17-22(16-37)36-15-25(17)41-24-14-19-12-20(40-5)9-10-21(19)34-26(24)31(32,33)11-7-6-8-18-13-23(18)42-29(39)35-27(28(36)38)30(2,3)4/h9-10,12,14,16-18,22-23,25,27H,6-8,11,13,15H2,1-5H3,(H,35,39)/t17-,18+,22+,23+,25-,27+/m0/s1. The highest BCUT2D eigenvalue weighted by Crippen LogP contribution is 2.43. The molecule has 3 heterocycles. The number of rotatable bonds is 2. The number of methoxy groups -OCH3 is 1. The van der Waals surface area contributed by atoms with Crippen molar-refractivity contribution < 1.29 is 37.4 Å². The molecule has 1 N–H and O–H groups in total. The van der Waals surface area contributed by atoms with Gasteiger partial charge >= 0.3 is 6.09 Å². The molecule has 2 amide bonds. The molecule has 42 heavy (non-hydrogen) atoms. The molecule has 1 aliphatic carbocycles. The fraction of sp³-hybridized carbons (Fsp3) is 0.613. The lowest BCUT2D eigenvalue weighted by Crippen LogP contribution is -2.56. The molecule has 1 saturated carbocycles. The predicted molar refractivity (Wildman–Crippen MR) is 151 cm³/mol. The van der Waals surface area contributed by atoms with Crippen molar-refractivity contribution in [3.8, 4) is 11.5 Å². The van der Waals surface area contributed by atoms with Crippen molar-refractivity contribution >= 4 is 29.2 Å². The predicted octanol–water partition coefficient (Wildman–Crippen LogP) is 5.23. The summed E-state index contributed by atoms with van der Waals surface area (Å²) >= 11 is 0. The second-order valence-electron chi connectivity index (χ2n) is 12.9. The number of alkyl halides is 2. The monoisotopic (exact) mass is 587 g/mol. The van der Waals surface area contributed by atoms with Gasteiger partial charge in [-0.15, -0.1) is 0 Å². The van der Waals surface area contributed by atoms with E-state index in [0.29, 0.717) is 42.2 Å². The quantitative estimate of drug-likeness (QED) is 0.480. The number of carbonyl (C=O) groups is 3. The molecule has 5 rings (SSSR count). The number of hydrogen-bond donors (Lipinski definition) is 1. The number of ether oxygens (including phenoxy) is 3. The lowest BCUT2D eigenvalue weighted by Gasteiger charge is -2.34. The van der Waals surface area contributed by atoms with Crippen LogP contribution in [0.4, 0.5) is 13.6 Å². The number of fused-ring (bicyclic) bond motifs is 5. The molecule has 1 aromatic heterocycles. The summed E-state index contributed by atoms with van der Waals surface area (Å²) in [6.07, 6.45) is 0.565. The molecule has 2 aliphatic heterocycles. The third kappa shape index (κ3) is 6.01. The van der Waals surface area contributed by atoms with Crippen molar-refractivity contribution in [1.29, 1.82) is 0 Å². The maximum absolute atomic E-state index is 15.8. The Morgan fingerprint density at radius 2 is 1.90 bits per heavy atom. The number of nitrogens with zero attached hydrogens (tertiary/aromatic N) is 2. The number of amides is 2. The van der Waals surface area contributed by atoms with Crippen LogP contribution < -0.4 is 14.8 Å². The first-order chi connectivity index (χ1) is 19.8. The fourth-order valence-electron chi connectivity index (χ4n) is 5.99. The summed E-state index contributed by atoms with van der Waals surface area (Å²) in [7, 11) is 1.52. The van der Waals surface area contributed by atoms with Gasteiger partial charge in [0.1, 0.15) is 36.0 Å². The number of halogens is 2. The van der Waals surface area contributed by atoms with Gasteiger partial charge in [0.25, 0.3) is 5.92 Å². The molecule has 3 aliphatic rings. The summed E-state index contributed by atoms with van der Waals surface area (Å²) in [6.45, 7) is 7.16. The number of pyridine rings is 1. The Morgan fingerprint density at radius 3 is 2.60 bits per heavy atom. The minimum Gasteiger partial charge on any atom is -0.497 e. The Morgan fingerprint density at radius 1 is 1.14 bits per heavy atom.